The Hall–Kier alpha value is -2.11. The maximum absolute atomic E-state index is 10.9. The molecule has 0 amide bonds. The smallest absolute Gasteiger partial charge is 0.307 e. The fourth-order valence-electron chi connectivity index (χ4n) is 2.37. The number of aryl methyl sites for hydroxylation is 1. The quantitative estimate of drug-likeness (QED) is 0.906. The van der Waals surface area contributed by atoms with Gasteiger partial charge in [0.15, 0.2) is 0 Å². The number of carboxylic acids is 1. The van der Waals surface area contributed by atoms with Gasteiger partial charge in [-0.1, -0.05) is 0 Å². The SMILES string of the molecule is Cc1nn(Cc2cncn2C(C)C)c(C)c1CC(=O)O. The van der Waals surface area contributed by atoms with Crippen molar-refractivity contribution in [2.45, 2.75) is 46.7 Å². The van der Waals surface area contributed by atoms with E-state index < -0.39 is 5.97 Å². The Morgan fingerprint density at radius 3 is 2.70 bits per heavy atom. The Bertz CT molecular complexity index is 625. The zero-order chi connectivity index (χ0) is 14.9. The molecule has 0 spiro atoms. The van der Waals surface area contributed by atoms with E-state index in [1.807, 2.05) is 31.1 Å². The summed E-state index contributed by atoms with van der Waals surface area (Å²) in [6.45, 7) is 8.56. The Balaban J connectivity index is 2.30. The number of carbonyl (C=O) groups is 1. The molecule has 6 heteroatoms. The summed E-state index contributed by atoms with van der Waals surface area (Å²) in [4.78, 5) is 15.1. The first-order chi connectivity index (χ1) is 9.40. The number of nitrogens with zero attached hydrogens (tertiary/aromatic N) is 4. The highest BCUT2D eigenvalue weighted by atomic mass is 16.4. The lowest BCUT2D eigenvalue weighted by atomic mass is 10.1. The fourth-order valence-corrected chi connectivity index (χ4v) is 2.37. The van der Waals surface area contributed by atoms with Crippen molar-refractivity contribution in [1.29, 1.82) is 0 Å². The monoisotopic (exact) mass is 276 g/mol. The van der Waals surface area contributed by atoms with Gasteiger partial charge in [0.05, 0.1) is 36.9 Å². The van der Waals surface area contributed by atoms with Crippen LogP contribution in [0.4, 0.5) is 0 Å². The lowest BCUT2D eigenvalue weighted by Crippen LogP contribution is -2.11. The van der Waals surface area contributed by atoms with Gasteiger partial charge >= 0.3 is 5.97 Å². The predicted octanol–water partition coefficient (Wildman–Crippen LogP) is 1.95. The molecule has 0 saturated carbocycles. The second-order valence-corrected chi connectivity index (χ2v) is 5.26. The van der Waals surface area contributed by atoms with E-state index in [2.05, 4.69) is 28.5 Å². The Morgan fingerprint density at radius 1 is 1.40 bits per heavy atom. The molecule has 0 fully saturated rings. The zero-order valence-electron chi connectivity index (χ0n) is 12.3. The molecule has 1 N–H and O–H groups in total. The number of carboxylic acid groups (broad SMARTS) is 1. The topological polar surface area (TPSA) is 72.9 Å². The molecule has 0 aliphatic carbocycles. The van der Waals surface area contributed by atoms with Gasteiger partial charge in [-0.25, -0.2) is 4.98 Å². The summed E-state index contributed by atoms with van der Waals surface area (Å²) in [5.74, 6) is -0.831. The van der Waals surface area contributed by atoms with Crippen molar-refractivity contribution >= 4 is 5.97 Å². The minimum absolute atomic E-state index is 0.0150. The minimum Gasteiger partial charge on any atom is -0.481 e. The molecule has 2 aromatic rings. The molecule has 0 bridgehead atoms. The first kappa shape index (κ1) is 14.3. The summed E-state index contributed by atoms with van der Waals surface area (Å²) in [5.41, 5.74) is 3.54. The standard InChI is InChI=1S/C14H20N4O2/c1-9(2)17-8-15-6-12(17)7-18-11(4)13(5-14(19)20)10(3)16-18/h6,8-9H,5,7H2,1-4H3,(H,19,20). The van der Waals surface area contributed by atoms with Crippen molar-refractivity contribution in [3.63, 3.8) is 0 Å². The Labute approximate surface area is 118 Å². The molecule has 0 aliphatic rings. The normalized spacial score (nSPS) is 11.2. The molecule has 0 radical (unpaired) electrons. The van der Waals surface area contributed by atoms with Crippen LogP contribution in [0.25, 0.3) is 0 Å². The average molecular weight is 276 g/mol. The van der Waals surface area contributed by atoms with E-state index in [0.29, 0.717) is 12.6 Å². The molecule has 2 heterocycles. The molecule has 20 heavy (non-hydrogen) atoms. The van der Waals surface area contributed by atoms with E-state index in [4.69, 9.17) is 5.11 Å². The van der Waals surface area contributed by atoms with Gasteiger partial charge in [0, 0.05) is 17.3 Å². The number of hydrogen-bond donors (Lipinski definition) is 1. The highest BCUT2D eigenvalue weighted by Gasteiger charge is 2.15. The van der Waals surface area contributed by atoms with Crippen LogP contribution in [0.1, 0.15) is 42.5 Å². The van der Waals surface area contributed by atoms with Crippen LogP contribution in [-0.2, 0) is 17.8 Å². The van der Waals surface area contributed by atoms with Gasteiger partial charge in [0.2, 0.25) is 0 Å². The molecule has 2 aromatic heterocycles. The molecule has 0 aliphatic heterocycles. The Morgan fingerprint density at radius 2 is 2.10 bits per heavy atom. The molecule has 6 nitrogen and oxygen atoms in total. The maximum Gasteiger partial charge on any atom is 0.307 e. The van der Waals surface area contributed by atoms with Gasteiger partial charge in [-0.15, -0.1) is 0 Å². The number of imidazole rings is 1. The number of aliphatic carboxylic acids is 1. The van der Waals surface area contributed by atoms with Crippen LogP contribution < -0.4 is 0 Å². The van der Waals surface area contributed by atoms with E-state index in [1.54, 1.807) is 0 Å². The molecular formula is C14H20N4O2. The average Bonchev–Trinajstić information content (AvgIpc) is 2.90. The lowest BCUT2D eigenvalue weighted by Gasteiger charge is -2.12. The van der Waals surface area contributed by atoms with E-state index in [9.17, 15) is 4.79 Å². The van der Waals surface area contributed by atoms with Crippen molar-refractivity contribution < 1.29 is 9.90 Å². The number of aromatic nitrogens is 4. The van der Waals surface area contributed by atoms with Gasteiger partial charge in [0.1, 0.15) is 0 Å². The summed E-state index contributed by atoms with van der Waals surface area (Å²) < 4.78 is 3.94. The van der Waals surface area contributed by atoms with Crippen LogP contribution in [0.2, 0.25) is 0 Å². The molecule has 0 unspecified atom stereocenters. The third kappa shape index (κ3) is 2.74. The van der Waals surface area contributed by atoms with Gasteiger partial charge in [0.25, 0.3) is 0 Å². The van der Waals surface area contributed by atoms with Crippen LogP contribution in [-0.4, -0.2) is 30.4 Å². The first-order valence-corrected chi connectivity index (χ1v) is 6.65. The van der Waals surface area contributed by atoms with Crippen LogP contribution >= 0.6 is 0 Å². The Kier molecular flexibility index (Phi) is 3.92. The molecule has 0 atom stereocenters. The highest BCUT2D eigenvalue weighted by Crippen LogP contribution is 2.17. The third-order valence-corrected chi connectivity index (χ3v) is 3.47. The summed E-state index contributed by atoms with van der Waals surface area (Å²) in [6, 6.07) is 0.336. The summed E-state index contributed by atoms with van der Waals surface area (Å²) in [6.07, 6.45) is 3.65. The summed E-state index contributed by atoms with van der Waals surface area (Å²) >= 11 is 0. The second-order valence-electron chi connectivity index (χ2n) is 5.26. The molecule has 2 rings (SSSR count). The van der Waals surface area contributed by atoms with Crippen LogP contribution in [0.3, 0.4) is 0 Å². The highest BCUT2D eigenvalue weighted by molar-refractivity contribution is 5.70. The minimum atomic E-state index is -0.831. The van der Waals surface area contributed by atoms with Crippen LogP contribution in [0.15, 0.2) is 12.5 Å². The van der Waals surface area contributed by atoms with Crippen molar-refractivity contribution in [3.05, 3.63) is 35.2 Å². The zero-order valence-corrected chi connectivity index (χ0v) is 12.3. The van der Waals surface area contributed by atoms with Crippen molar-refractivity contribution in [1.82, 2.24) is 19.3 Å². The molecule has 0 saturated heterocycles. The second kappa shape index (κ2) is 5.48. The molecular weight excluding hydrogens is 256 g/mol. The lowest BCUT2D eigenvalue weighted by molar-refractivity contribution is -0.136. The first-order valence-electron chi connectivity index (χ1n) is 6.65. The van der Waals surface area contributed by atoms with E-state index in [1.165, 1.54) is 0 Å². The number of hydrogen-bond acceptors (Lipinski definition) is 3. The van der Waals surface area contributed by atoms with E-state index >= 15 is 0 Å². The largest absolute Gasteiger partial charge is 0.481 e. The van der Waals surface area contributed by atoms with Crippen molar-refractivity contribution in [2.24, 2.45) is 0 Å². The van der Waals surface area contributed by atoms with Gasteiger partial charge in [-0.3, -0.25) is 9.48 Å². The summed E-state index contributed by atoms with van der Waals surface area (Å²) in [5, 5.41) is 13.4. The summed E-state index contributed by atoms with van der Waals surface area (Å²) in [7, 11) is 0. The molecule has 0 aromatic carbocycles. The van der Waals surface area contributed by atoms with Gasteiger partial charge in [-0.05, 0) is 27.7 Å². The van der Waals surface area contributed by atoms with Gasteiger partial charge in [-0.2, -0.15) is 5.10 Å². The predicted molar refractivity (Wildman–Crippen MR) is 74.8 cm³/mol. The number of rotatable bonds is 5. The van der Waals surface area contributed by atoms with Crippen molar-refractivity contribution in [3.8, 4) is 0 Å². The fraction of sp³-hybridized carbons (Fsp3) is 0.500. The van der Waals surface area contributed by atoms with E-state index in [-0.39, 0.29) is 6.42 Å². The maximum atomic E-state index is 10.9. The van der Waals surface area contributed by atoms with Crippen LogP contribution in [0.5, 0.6) is 0 Å². The van der Waals surface area contributed by atoms with Gasteiger partial charge < -0.3 is 9.67 Å². The molecule has 108 valence electrons. The van der Waals surface area contributed by atoms with Crippen molar-refractivity contribution in [2.75, 3.05) is 0 Å². The van der Waals surface area contributed by atoms with E-state index in [0.717, 1.165) is 22.6 Å². The third-order valence-electron chi connectivity index (χ3n) is 3.47. The van der Waals surface area contributed by atoms with Crippen LogP contribution in [0, 0.1) is 13.8 Å².